The van der Waals surface area contributed by atoms with Crippen LogP contribution in [0.3, 0.4) is 0 Å². The molecule has 136 valence electrons. The SMILES string of the molecule is CC(C)C(C(=O)N[C@H]1CCCNC1)n1nnc(-c2ccccc2)n1.Cl. The molecular formula is C17H25ClN6O. The van der Waals surface area contributed by atoms with Gasteiger partial charge in [0.2, 0.25) is 11.7 Å². The van der Waals surface area contributed by atoms with Gasteiger partial charge in [0.25, 0.3) is 0 Å². The van der Waals surface area contributed by atoms with Crippen LogP contribution in [0.4, 0.5) is 0 Å². The summed E-state index contributed by atoms with van der Waals surface area (Å²) in [5, 5.41) is 19.1. The van der Waals surface area contributed by atoms with Crippen molar-refractivity contribution >= 4 is 18.3 Å². The first-order chi connectivity index (χ1) is 11.6. The molecular weight excluding hydrogens is 340 g/mol. The lowest BCUT2D eigenvalue weighted by molar-refractivity contribution is -0.127. The van der Waals surface area contributed by atoms with Gasteiger partial charge in [0, 0.05) is 18.2 Å². The fourth-order valence-corrected chi connectivity index (χ4v) is 2.98. The van der Waals surface area contributed by atoms with Crippen molar-refractivity contribution in [3.63, 3.8) is 0 Å². The molecule has 1 saturated heterocycles. The maximum absolute atomic E-state index is 12.7. The van der Waals surface area contributed by atoms with Crippen LogP contribution in [0.2, 0.25) is 0 Å². The Morgan fingerprint density at radius 1 is 1.32 bits per heavy atom. The van der Waals surface area contributed by atoms with Crippen molar-refractivity contribution in [1.82, 2.24) is 30.8 Å². The fraction of sp³-hybridized carbons (Fsp3) is 0.529. The Labute approximate surface area is 154 Å². The van der Waals surface area contributed by atoms with E-state index in [1.807, 2.05) is 44.2 Å². The van der Waals surface area contributed by atoms with Crippen molar-refractivity contribution in [2.24, 2.45) is 5.92 Å². The number of hydrogen-bond donors (Lipinski definition) is 2. The van der Waals surface area contributed by atoms with E-state index in [4.69, 9.17) is 0 Å². The summed E-state index contributed by atoms with van der Waals surface area (Å²) in [6.07, 6.45) is 2.08. The smallest absolute Gasteiger partial charge is 0.247 e. The van der Waals surface area contributed by atoms with Crippen molar-refractivity contribution in [3.8, 4) is 11.4 Å². The molecule has 1 aliphatic rings. The number of carbonyl (C=O) groups is 1. The molecule has 8 heteroatoms. The predicted octanol–water partition coefficient (Wildman–Crippen LogP) is 1.83. The number of hydrogen-bond acceptors (Lipinski definition) is 5. The van der Waals surface area contributed by atoms with E-state index < -0.39 is 6.04 Å². The molecule has 1 aromatic heterocycles. The lowest BCUT2D eigenvalue weighted by Crippen LogP contribution is -2.48. The van der Waals surface area contributed by atoms with E-state index in [9.17, 15) is 4.79 Å². The summed E-state index contributed by atoms with van der Waals surface area (Å²) < 4.78 is 0. The number of halogens is 1. The molecule has 1 amide bonds. The average Bonchev–Trinajstić information content (AvgIpc) is 3.06. The number of rotatable bonds is 5. The van der Waals surface area contributed by atoms with Gasteiger partial charge < -0.3 is 10.6 Å². The van der Waals surface area contributed by atoms with Crippen molar-refractivity contribution in [3.05, 3.63) is 30.3 Å². The van der Waals surface area contributed by atoms with E-state index in [1.165, 1.54) is 4.80 Å². The molecule has 2 heterocycles. The van der Waals surface area contributed by atoms with Crippen LogP contribution in [0.25, 0.3) is 11.4 Å². The Hall–Kier alpha value is -1.99. The van der Waals surface area contributed by atoms with Crippen molar-refractivity contribution in [2.75, 3.05) is 13.1 Å². The highest BCUT2D eigenvalue weighted by atomic mass is 35.5. The van der Waals surface area contributed by atoms with Crippen LogP contribution in [-0.2, 0) is 4.79 Å². The van der Waals surface area contributed by atoms with Crippen LogP contribution in [0.5, 0.6) is 0 Å². The summed E-state index contributed by atoms with van der Waals surface area (Å²) in [6, 6.07) is 9.37. The van der Waals surface area contributed by atoms with Crippen molar-refractivity contribution in [2.45, 2.75) is 38.8 Å². The minimum Gasteiger partial charge on any atom is -0.350 e. The summed E-state index contributed by atoms with van der Waals surface area (Å²) >= 11 is 0. The first kappa shape index (κ1) is 19.3. The predicted molar refractivity (Wildman–Crippen MR) is 98.4 cm³/mol. The Balaban J connectivity index is 0.00000225. The molecule has 3 rings (SSSR count). The van der Waals surface area contributed by atoms with Crippen molar-refractivity contribution in [1.29, 1.82) is 0 Å². The summed E-state index contributed by atoms with van der Waals surface area (Å²) in [5.74, 6) is 0.559. The van der Waals surface area contributed by atoms with E-state index in [-0.39, 0.29) is 30.3 Å². The number of benzene rings is 1. The van der Waals surface area contributed by atoms with E-state index in [0.717, 1.165) is 31.5 Å². The first-order valence-corrected chi connectivity index (χ1v) is 8.51. The fourth-order valence-electron chi connectivity index (χ4n) is 2.98. The minimum atomic E-state index is -0.461. The highest BCUT2D eigenvalue weighted by molar-refractivity contribution is 5.85. The molecule has 1 fully saturated rings. The standard InChI is InChI=1S/C17H24N6O.ClH/c1-12(2)15(17(24)19-14-9-6-10-18-11-14)23-21-16(20-22-23)13-7-4-3-5-8-13;/h3-5,7-8,12,14-15,18H,6,9-11H2,1-2H3,(H,19,24);1H/t14-,15?;/m0./s1. The maximum atomic E-state index is 12.7. The number of nitrogens with zero attached hydrogens (tertiary/aromatic N) is 4. The van der Waals surface area contributed by atoms with Gasteiger partial charge in [-0.3, -0.25) is 4.79 Å². The average molecular weight is 365 g/mol. The van der Waals surface area contributed by atoms with Crippen LogP contribution < -0.4 is 10.6 Å². The first-order valence-electron chi connectivity index (χ1n) is 8.51. The molecule has 0 radical (unpaired) electrons. The van der Waals surface area contributed by atoms with Gasteiger partial charge in [0.05, 0.1) is 0 Å². The molecule has 0 saturated carbocycles. The zero-order valence-electron chi connectivity index (χ0n) is 14.6. The van der Waals surface area contributed by atoms with Gasteiger partial charge in [-0.1, -0.05) is 44.2 Å². The monoisotopic (exact) mass is 364 g/mol. The second-order valence-corrected chi connectivity index (χ2v) is 6.54. The molecule has 1 aromatic carbocycles. The summed E-state index contributed by atoms with van der Waals surface area (Å²) in [7, 11) is 0. The quantitative estimate of drug-likeness (QED) is 0.845. The lowest BCUT2D eigenvalue weighted by Gasteiger charge is -2.27. The van der Waals surface area contributed by atoms with Gasteiger partial charge in [-0.2, -0.15) is 4.80 Å². The van der Waals surface area contributed by atoms with Gasteiger partial charge in [-0.15, -0.1) is 22.6 Å². The second kappa shape index (κ2) is 8.92. The van der Waals surface area contributed by atoms with Crippen LogP contribution in [0.1, 0.15) is 32.7 Å². The number of piperidine rings is 1. The number of aromatic nitrogens is 4. The van der Waals surface area contributed by atoms with Gasteiger partial charge in [0.15, 0.2) is 6.04 Å². The van der Waals surface area contributed by atoms with Gasteiger partial charge in [-0.25, -0.2) is 0 Å². The Kier molecular flexibility index (Phi) is 6.90. The Morgan fingerprint density at radius 3 is 2.72 bits per heavy atom. The molecule has 0 bridgehead atoms. The van der Waals surface area contributed by atoms with E-state index in [1.54, 1.807) is 0 Å². The third-order valence-corrected chi connectivity index (χ3v) is 4.25. The molecule has 2 aromatic rings. The van der Waals surface area contributed by atoms with Crippen LogP contribution in [-0.4, -0.2) is 45.2 Å². The van der Waals surface area contributed by atoms with Crippen molar-refractivity contribution < 1.29 is 4.79 Å². The molecule has 1 aliphatic heterocycles. The van der Waals surface area contributed by atoms with Gasteiger partial charge >= 0.3 is 0 Å². The van der Waals surface area contributed by atoms with Gasteiger partial charge in [0.1, 0.15) is 0 Å². The summed E-state index contributed by atoms with van der Waals surface area (Å²) in [5.41, 5.74) is 0.892. The Bertz CT molecular complexity index is 669. The highest BCUT2D eigenvalue weighted by Gasteiger charge is 2.29. The largest absolute Gasteiger partial charge is 0.350 e. The second-order valence-electron chi connectivity index (χ2n) is 6.54. The molecule has 25 heavy (non-hydrogen) atoms. The third-order valence-electron chi connectivity index (χ3n) is 4.25. The number of tetrazole rings is 1. The molecule has 7 nitrogen and oxygen atoms in total. The van der Waals surface area contributed by atoms with E-state index in [2.05, 4.69) is 26.0 Å². The van der Waals surface area contributed by atoms with E-state index >= 15 is 0 Å². The topological polar surface area (TPSA) is 84.7 Å². The van der Waals surface area contributed by atoms with Gasteiger partial charge in [-0.05, 0) is 30.5 Å². The lowest BCUT2D eigenvalue weighted by atomic mass is 10.0. The molecule has 2 atom stereocenters. The molecule has 1 unspecified atom stereocenters. The summed E-state index contributed by atoms with van der Waals surface area (Å²) in [4.78, 5) is 14.2. The number of carbonyl (C=O) groups excluding carboxylic acids is 1. The molecule has 2 N–H and O–H groups in total. The third kappa shape index (κ3) is 4.76. The van der Waals surface area contributed by atoms with Crippen LogP contribution in [0.15, 0.2) is 30.3 Å². The Morgan fingerprint density at radius 2 is 2.08 bits per heavy atom. The normalized spacial score (nSPS) is 18.4. The maximum Gasteiger partial charge on any atom is 0.247 e. The zero-order valence-corrected chi connectivity index (χ0v) is 15.4. The number of nitrogens with one attached hydrogen (secondary N) is 2. The minimum absolute atomic E-state index is 0. The molecule has 0 spiro atoms. The van der Waals surface area contributed by atoms with Crippen LogP contribution in [0, 0.1) is 5.92 Å². The molecule has 0 aliphatic carbocycles. The zero-order chi connectivity index (χ0) is 16.9. The highest BCUT2D eigenvalue weighted by Crippen LogP contribution is 2.19. The summed E-state index contributed by atoms with van der Waals surface area (Å²) in [6.45, 7) is 5.82. The van der Waals surface area contributed by atoms with E-state index in [0.29, 0.717) is 5.82 Å². The number of amides is 1. The van der Waals surface area contributed by atoms with Crippen LogP contribution >= 0.6 is 12.4 Å².